The Morgan fingerprint density at radius 1 is 0.800 bits per heavy atom. The lowest BCUT2D eigenvalue weighted by atomic mass is 9.53. The first kappa shape index (κ1) is 41.6. The monoisotopic (exact) mass is 817 g/mol. The standard InChI is InChI=1S/C51H68N4O5/c1-32-45(30-55-43-11-6-5-9-39(43)20-21-44(55)47(57)53-50(2,3)4)59-48(60-46(32)40-14-12-33(31-56)13-15-40)41-18-16-38(17-19-41)42-10-7-8-34(25-42)29-52-49(58)54-51-26-35-22-36(27-51)24-37(23-35)28-51/h7-8,10,12-19,25,32,35-37,39,43-46,48,56H,5-6,9,11,20-24,26-31H2,1-4H3,(H,53,57)(H2,52,54,58). The number of urea groups is 1. The molecule has 4 bridgehead atoms. The fraction of sp³-hybridized carbons (Fsp3) is 0.608. The molecule has 3 aromatic rings. The van der Waals surface area contributed by atoms with Crippen molar-refractivity contribution in [3.63, 3.8) is 0 Å². The van der Waals surface area contributed by atoms with Crippen LogP contribution in [0.2, 0.25) is 0 Å². The maximum Gasteiger partial charge on any atom is 0.315 e. The lowest BCUT2D eigenvalue weighted by Gasteiger charge is -2.56. The minimum absolute atomic E-state index is 0.00593. The van der Waals surface area contributed by atoms with E-state index in [1.54, 1.807) is 0 Å². The fourth-order valence-corrected chi connectivity index (χ4v) is 12.7. The van der Waals surface area contributed by atoms with E-state index in [4.69, 9.17) is 9.47 Å². The topological polar surface area (TPSA) is 112 Å². The van der Waals surface area contributed by atoms with Gasteiger partial charge in [-0.1, -0.05) is 86.5 Å². The van der Waals surface area contributed by atoms with Crippen molar-refractivity contribution in [2.75, 3.05) is 6.54 Å². The van der Waals surface area contributed by atoms with Crippen molar-refractivity contribution in [3.8, 4) is 11.1 Å². The number of piperidine rings is 1. The Morgan fingerprint density at radius 2 is 1.48 bits per heavy atom. The summed E-state index contributed by atoms with van der Waals surface area (Å²) in [4.78, 5) is 29.7. The van der Waals surface area contributed by atoms with Crippen LogP contribution in [-0.4, -0.2) is 57.8 Å². The number of ether oxygens (including phenoxy) is 2. The molecule has 10 rings (SSSR count). The number of hydrogen-bond acceptors (Lipinski definition) is 6. The smallest absolute Gasteiger partial charge is 0.315 e. The van der Waals surface area contributed by atoms with E-state index < -0.39 is 6.29 Å². The predicted molar refractivity (Wildman–Crippen MR) is 234 cm³/mol. The second kappa shape index (κ2) is 17.2. The molecule has 3 aromatic carbocycles. The molecule has 0 aromatic heterocycles. The van der Waals surface area contributed by atoms with Crippen molar-refractivity contribution in [1.82, 2.24) is 20.9 Å². The Labute approximate surface area is 357 Å². The number of nitrogens with one attached hydrogen (secondary N) is 3. The van der Waals surface area contributed by atoms with Crippen molar-refractivity contribution < 1.29 is 24.2 Å². The zero-order chi connectivity index (χ0) is 41.6. The first-order valence-corrected chi connectivity index (χ1v) is 23.2. The average Bonchev–Trinajstić information content (AvgIpc) is 3.22. The molecule has 9 nitrogen and oxygen atoms in total. The van der Waals surface area contributed by atoms with Crippen LogP contribution in [0.5, 0.6) is 0 Å². The van der Waals surface area contributed by atoms with E-state index in [0.717, 1.165) is 89.7 Å². The van der Waals surface area contributed by atoms with Gasteiger partial charge < -0.3 is 30.5 Å². The number of aliphatic hydroxyl groups is 1. The summed E-state index contributed by atoms with van der Waals surface area (Å²) in [5.41, 5.74) is 5.80. The molecular formula is C51H68N4O5. The first-order valence-electron chi connectivity index (χ1n) is 23.2. The molecule has 60 heavy (non-hydrogen) atoms. The summed E-state index contributed by atoms with van der Waals surface area (Å²) in [5, 5.41) is 19.7. The minimum Gasteiger partial charge on any atom is -0.392 e. The number of fused-ring (bicyclic) bond motifs is 1. The number of amides is 3. The van der Waals surface area contributed by atoms with E-state index in [2.05, 4.69) is 109 Å². The van der Waals surface area contributed by atoms with Crippen LogP contribution >= 0.6 is 0 Å². The zero-order valence-corrected chi connectivity index (χ0v) is 36.3. The van der Waals surface area contributed by atoms with E-state index in [1.165, 1.54) is 38.5 Å². The van der Waals surface area contributed by atoms with Crippen molar-refractivity contribution in [2.45, 2.75) is 160 Å². The highest BCUT2D eigenvalue weighted by Crippen LogP contribution is 2.55. The van der Waals surface area contributed by atoms with Gasteiger partial charge in [-0.05, 0) is 143 Å². The Hall–Kier alpha value is -3.76. The van der Waals surface area contributed by atoms with Gasteiger partial charge in [-0.15, -0.1) is 0 Å². The van der Waals surface area contributed by atoms with Crippen LogP contribution in [0.15, 0.2) is 72.8 Å². The molecule has 7 fully saturated rings. The zero-order valence-electron chi connectivity index (χ0n) is 36.3. The summed E-state index contributed by atoms with van der Waals surface area (Å²) in [6.07, 6.45) is 13.3. The molecule has 4 N–H and O–H groups in total. The van der Waals surface area contributed by atoms with Gasteiger partial charge >= 0.3 is 6.03 Å². The largest absolute Gasteiger partial charge is 0.392 e. The Morgan fingerprint density at radius 3 is 2.17 bits per heavy atom. The molecule has 2 saturated heterocycles. The second-order valence-electron chi connectivity index (χ2n) is 20.8. The Balaban J connectivity index is 0.913. The number of benzene rings is 3. The average molecular weight is 817 g/mol. The number of carbonyl (C=O) groups excluding carboxylic acids is 2. The molecule has 7 unspecified atom stereocenters. The summed E-state index contributed by atoms with van der Waals surface area (Å²) in [7, 11) is 0. The van der Waals surface area contributed by atoms with Crippen LogP contribution < -0.4 is 16.0 Å². The van der Waals surface area contributed by atoms with Crippen molar-refractivity contribution in [1.29, 1.82) is 0 Å². The van der Waals surface area contributed by atoms with Gasteiger partial charge in [0.15, 0.2) is 6.29 Å². The number of likely N-dealkylation sites (tertiary alicyclic amines) is 1. The van der Waals surface area contributed by atoms with Gasteiger partial charge in [0, 0.05) is 41.7 Å². The number of rotatable bonds is 10. The quantitative estimate of drug-likeness (QED) is 0.162. The van der Waals surface area contributed by atoms with Gasteiger partial charge in [0.05, 0.1) is 24.9 Å². The van der Waals surface area contributed by atoms with Gasteiger partial charge in [-0.25, -0.2) is 4.79 Å². The molecule has 2 heterocycles. The number of carbonyl (C=O) groups is 2. The molecular weight excluding hydrogens is 749 g/mol. The van der Waals surface area contributed by atoms with E-state index >= 15 is 0 Å². The maximum atomic E-state index is 13.9. The van der Waals surface area contributed by atoms with Crippen molar-refractivity contribution in [3.05, 3.63) is 95.1 Å². The van der Waals surface area contributed by atoms with Crippen molar-refractivity contribution >= 4 is 11.9 Å². The van der Waals surface area contributed by atoms with Gasteiger partial charge in [0.1, 0.15) is 0 Å². The van der Waals surface area contributed by atoms with Crippen molar-refractivity contribution in [2.24, 2.45) is 29.6 Å². The molecule has 3 amide bonds. The Bertz CT molecular complexity index is 1940. The summed E-state index contributed by atoms with van der Waals surface area (Å²) < 4.78 is 13.9. The lowest BCUT2D eigenvalue weighted by Crippen LogP contribution is -2.61. The molecule has 7 atom stereocenters. The van der Waals surface area contributed by atoms with E-state index in [0.29, 0.717) is 25.0 Å². The third kappa shape index (κ3) is 9.06. The number of aliphatic hydroxyl groups excluding tert-OH is 1. The van der Waals surface area contributed by atoms with Crippen LogP contribution in [0.25, 0.3) is 11.1 Å². The van der Waals surface area contributed by atoms with Gasteiger partial charge in [0.2, 0.25) is 5.91 Å². The molecule has 5 saturated carbocycles. The fourth-order valence-electron chi connectivity index (χ4n) is 12.7. The van der Waals surface area contributed by atoms with Crippen LogP contribution in [-0.2, 0) is 27.4 Å². The highest BCUT2D eigenvalue weighted by Gasteiger charge is 2.52. The van der Waals surface area contributed by atoms with Crippen LogP contribution in [0.1, 0.15) is 139 Å². The predicted octanol–water partition coefficient (Wildman–Crippen LogP) is 9.34. The first-order chi connectivity index (χ1) is 28.9. The molecule has 0 radical (unpaired) electrons. The number of nitrogens with zero attached hydrogens (tertiary/aromatic N) is 1. The van der Waals surface area contributed by atoms with Crippen LogP contribution in [0.4, 0.5) is 4.79 Å². The van der Waals surface area contributed by atoms with E-state index in [1.807, 2.05) is 12.1 Å². The summed E-state index contributed by atoms with van der Waals surface area (Å²) in [6, 6.07) is 25.1. The van der Waals surface area contributed by atoms with E-state index in [9.17, 15) is 14.7 Å². The highest BCUT2D eigenvalue weighted by molar-refractivity contribution is 5.82. The van der Waals surface area contributed by atoms with E-state index in [-0.39, 0.29) is 53.8 Å². The summed E-state index contributed by atoms with van der Waals surface area (Å²) >= 11 is 0. The molecule has 7 aliphatic rings. The van der Waals surface area contributed by atoms with Crippen LogP contribution in [0.3, 0.4) is 0 Å². The third-order valence-corrected chi connectivity index (χ3v) is 15.1. The molecule has 9 heteroatoms. The number of hydrogen-bond donors (Lipinski definition) is 4. The summed E-state index contributed by atoms with van der Waals surface area (Å²) in [5.74, 6) is 3.11. The molecule has 5 aliphatic carbocycles. The summed E-state index contributed by atoms with van der Waals surface area (Å²) in [6.45, 7) is 9.53. The second-order valence-corrected chi connectivity index (χ2v) is 20.8. The molecule has 0 spiro atoms. The third-order valence-electron chi connectivity index (χ3n) is 15.1. The maximum absolute atomic E-state index is 13.9. The van der Waals surface area contributed by atoms with Gasteiger partial charge in [-0.3, -0.25) is 9.69 Å². The molecule has 2 aliphatic heterocycles. The van der Waals surface area contributed by atoms with Crippen LogP contribution in [0, 0.1) is 29.6 Å². The van der Waals surface area contributed by atoms with Gasteiger partial charge in [0.25, 0.3) is 0 Å². The minimum atomic E-state index is -0.598. The Kier molecular flexibility index (Phi) is 11.9. The lowest BCUT2D eigenvalue weighted by molar-refractivity contribution is -0.278. The molecule has 322 valence electrons. The van der Waals surface area contributed by atoms with Gasteiger partial charge in [-0.2, -0.15) is 0 Å². The normalized spacial score (nSPS) is 33.8. The SMILES string of the molecule is CC1C(CN2C(C(=O)NC(C)(C)C)CCC3CCCCC32)OC(c2ccc(-c3cccc(CNC(=O)NC45CC6CC(CC(C6)C4)C5)c3)cc2)OC1c1ccc(CO)cc1. The highest BCUT2D eigenvalue weighted by atomic mass is 16.7.